The Morgan fingerprint density at radius 2 is 1.71 bits per heavy atom. The molecule has 2 atom stereocenters. The third kappa shape index (κ3) is 3.16. The fraction of sp³-hybridized carbons (Fsp3) is 0.200. The minimum Gasteiger partial charge on any atom is -0.359 e. The minimum atomic E-state index is -2.19. The largest absolute Gasteiger partial charge is 0.359 e. The highest BCUT2D eigenvalue weighted by Crippen LogP contribution is 2.40. The lowest BCUT2D eigenvalue weighted by atomic mass is 9.87. The summed E-state index contributed by atoms with van der Waals surface area (Å²) in [5.74, 6) is -0.625. The van der Waals surface area contributed by atoms with E-state index in [-0.39, 0.29) is 6.04 Å². The van der Waals surface area contributed by atoms with E-state index in [2.05, 4.69) is 16.7 Å². The number of amides is 3. The van der Waals surface area contributed by atoms with E-state index in [4.69, 9.17) is 0 Å². The molecule has 5 rings (SSSR count). The maximum atomic E-state index is 13.7. The first-order chi connectivity index (χ1) is 15.1. The number of nitrogens with one attached hydrogen (secondary N) is 2. The van der Waals surface area contributed by atoms with Crippen LogP contribution in [0.15, 0.2) is 78.9 Å². The Hall–Kier alpha value is -3.64. The summed E-state index contributed by atoms with van der Waals surface area (Å²) < 4.78 is 0. The molecule has 3 aromatic rings. The van der Waals surface area contributed by atoms with Crippen molar-refractivity contribution in [2.45, 2.75) is 31.0 Å². The molecule has 156 valence electrons. The maximum absolute atomic E-state index is 13.7. The molecule has 0 aromatic heterocycles. The van der Waals surface area contributed by atoms with E-state index in [0.717, 1.165) is 29.7 Å². The predicted molar refractivity (Wildman–Crippen MR) is 119 cm³/mol. The van der Waals surface area contributed by atoms with Gasteiger partial charge in [-0.1, -0.05) is 60.7 Å². The van der Waals surface area contributed by atoms with Crippen molar-refractivity contribution in [3.05, 3.63) is 95.6 Å². The Kier molecular flexibility index (Phi) is 4.71. The van der Waals surface area contributed by atoms with Gasteiger partial charge in [-0.2, -0.15) is 0 Å². The topological polar surface area (TPSA) is 81.7 Å². The number of hydrogen-bond acceptors (Lipinski definition) is 3. The zero-order valence-electron chi connectivity index (χ0n) is 16.9. The number of nitrogens with zero attached hydrogens (tertiary/aromatic N) is 1. The molecule has 2 unspecified atom stereocenters. The van der Waals surface area contributed by atoms with Gasteiger partial charge >= 0.3 is 6.03 Å². The van der Waals surface area contributed by atoms with Crippen LogP contribution in [0.5, 0.6) is 0 Å². The van der Waals surface area contributed by atoms with Crippen LogP contribution in [-0.2, 0) is 16.9 Å². The van der Waals surface area contributed by atoms with Gasteiger partial charge in [-0.15, -0.1) is 0 Å². The second kappa shape index (κ2) is 7.56. The molecule has 31 heavy (non-hydrogen) atoms. The molecule has 0 bridgehead atoms. The highest BCUT2D eigenvalue weighted by Gasteiger charge is 2.52. The number of aryl methyl sites for hydroxylation is 1. The standard InChI is InChI=1S/C25H23N3O3/c29-23(26-21-16-8-10-17-9-4-5-13-19(17)21)25(31)20-14-6-7-15-22(20)27-24(30)28(25)18-11-2-1-3-12-18/h1-7,9,11-15,21,31H,8,10,16H2,(H,26,29)(H,27,30). The van der Waals surface area contributed by atoms with Crippen molar-refractivity contribution in [1.29, 1.82) is 0 Å². The third-order valence-corrected chi connectivity index (χ3v) is 6.08. The quantitative estimate of drug-likeness (QED) is 0.605. The highest BCUT2D eigenvalue weighted by atomic mass is 16.3. The van der Waals surface area contributed by atoms with Crippen molar-refractivity contribution in [3.8, 4) is 0 Å². The molecular formula is C25H23N3O3. The molecule has 0 fully saturated rings. The molecule has 6 heteroatoms. The second-order valence-electron chi connectivity index (χ2n) is 7.94. The number of para-hydroxylation sites is 2. The van der Waals surface area contributed by atoms with Gasteiger partial charge in [0.05, 0.1) is 11.7 Å². The summed E-state index contributed by atoms with van der Waals surface area (Å²) in [6.45, 7) is 0. The van der Waals surface area contributed by atoms with Gasteiger partial charge < -0.3 is 15.7 Å². The summed E-state index contributed by atoms with van der Waals surface area (Å²) in [4.78, 5) is 27.9. The summed E-state index contributed by atoms with van der Waals surface area (Å²) in [7, 11) is 0. The molecule has 3 aromatic carbocycles. The van der Waals surface area contributed by atoms with Crippen LogP contribution in [0.25, 0.3) is 0 Å². The molecule has 0 saturated heterocycles. The van der Waals surface area contributed by atoms with Gasteiger partial charge in [0.25, 0.3) is 11.6 Å². The SMILES string of the molecule is O=C1Nc2ccccc2C(O)(C(=O)NC2CCCc3ccccc32)N1c1ccccc1. The number of benzene rings is 3. The van der Waals surface area contributed by atoms with E-state index in [1.807, 2.05) is 24.3 Å². The Morgan fingerprint density at radius 3 is 2.55 bits per heavy atom. The number of carbonyl (C=O) groups is 2. The number of aliphatic hydroxyl groups is 1. The van der Waals surface area contributed by atoms with Crippen molar-refractivity contribution in [2.75, 3.05) is 10.2 Å². The lowest BCUT2D eigenvalue weighted by molar-refractivity contribution is -0.141. The van der Waals surface area contributed by atoms with Crippen molar-refractivity contribution in [3.63, 3.8) is 0 Å². The lowest BCUT2D eigenvalue weighted by Crippen LogP contribution is -2.63. The molecule has 1 aliphatic carbocycles. The average molecular weight is 413 g/mol. The summed E-state index contributed by atoms with van der Waals surface area (Å²) in [6, 6.07) is 22.8. The van der Waals surface area contributed by atoms with Crippen molar-refractivity contribution < 1.29 is 14.7 Å². The van der Waals surface area contributed by atoms with Crippen LogP contribution in [0.2, 0.25) is 0 Å². The lowest BCUT2D eigenvalue weighted by Gasteiger charge is -2.43. The third-order valence-electron chi connectivity index (χ3n) is 6.08. The van der Waals surface area contributed by atoms with E-state index < -0.39 is 17.7 Å². The fourth-order valence-corrected chi connectivity index (χ4v) is 4.60. The first-order valence-corrected chi connectivity index (χ1v) is 10.5. The van der Waals surface area contributed by atoms with Crippen LogP contribution in [0.1, 0.15) is 35.6 Å². The van der Waals surface area contributed by atoms with Crippen LogP contribution in [0.3, 0.4) is 0 Å². The van der Waals surface area contributed by atoms with Gasteiger partial charge in [0.15, 0.2) is 0 Å². The van der Waals surface area contributed by atoms with Gasteiger partial charge in [-0.3, -0.25) is 9.69 Å². The first kappa shape index (κ1) is 19.3. The number of hydrogen-bond donors (Lipinski definition) is 3. The minimum absolute atomic E-state index is 0.226. The van der Waals surface area contributed by atoms with Gasteiger partial charge in [0.2, 0.25) is 0 Å². The molecule has 2 aliphatic rings. The zero-order valence-corrected chi connectivity index (χ0v) is 16.9. The number of fused-ring (bicyclic) bond motifs is 2. The predicted octanol–water partition coefficient (Wildman–Crippen LogP) is 4.08. The molecular weight excluding hydrogens is 390 g/mol. The van der Waals surface area contributed by atoms with Gasteiger partial charge in [0.1, 0.15) is 0 Å². The molecule has 3 N–H and O–H groups in total. The summed E-state index contributed by atoms with van der Waals surface area (Å²) in [5, 5.41) is 17.7. The van der Waals surface area contributed by atoms with Crippen LogP contribution >= 0.6 is 0 Å². The van der Waals surface area contributed by atoms with E-state index in [1.54, 1.807) is 48.5 Å². The van der Waals surface area contributed by atoms with Crippen LogP contribution in [0.4, 0.5) is 16.2 Å². The Morgan fingerprint density at radius 1 is 1.00 bits per heavy atom. The van der Waals surface area contributed by atoms with E-state index in [0.29, 0.717) is 16.9 Å². The zero-order chi connectivity index (χ0) is 21.4. The van der Waals surface area contributed by atoms with Crippen molar-refractivity contribution in [2.24, 2.45) is 0 Å². The summed E-state index contributed by atoms with van der Waals surface area (Å²) in [5.41, 5.74) is 1.25. The van der Waals surface area contributed by atoms with Gasteiger partial charge in [-0.25, -0.2) is 4.79 Å². The Bertz CT molecular complexity index is 1150. The molecule has 6 nitrogen and oxygen atoms in total. The normalized spacial score (nSPS) is 22.2. The molecule has 1 aliphatic heterocycles. The molecule has 1 heterocycles. The average Bonchev–Trinajstić information content (AvgIpc) is 2.80. The van der Waals surface area contributed by atoms with Gasteiger partial charge in [-0.05, 0) is 48.6 Å². The number of anilines is 2. The van der Waals surface area contributed by atoms with E-state index >= 15 is 0 Å². The Balaban J connectivity index is 1.59. The molecule has 0 spiro atoms. The second-order valence-corrected chi connectivity index (χ2v) is 7.94. The number of carbonyl (C=O) groups excluding carboxylic acids is 2. The van der Waals surface area contributed by atoms with Crippen LogP contribution < -0.4 is 15.5 Å². The number of rotatable bonds is 3. The Labute approximate surface area is 180 Å². The smallest absolute Gasteiger partial charge is 0.329 e. The van der Waals surface area contributed by atoms with Crippen molar-refractivity contribution in [1.82, 2.24) is 5.32 Å². The van der Waals surface area contributed by atoms with Gasteiger partial charge in [0, 0.05) is 11.3 Å². The number of urea groups is 1. The molecule has 0 radical (unpaired) electrons. The van der Waals surface area contributed by atoms with E-state index in [9.17, 15) is 14.7 Å². The van der Waals surface area contributed by atoms with Crippen molar-refractivity contribution >= 4 is 23.3 Å². The first-order valence-electron chi connectivity index (χ1n) is 10.5. The fourth-order valence-electron chi connectivity index (χ4n) is 4.60. The monoisotopic (exact) mass is 413 g/mol. The maximum Gasteiger partial charge on any atom is 0.329 e. The van der Waals surface area contributed by atoms with Crippen LogP contribution in [-0.4, -0.2) is 17.0 Å². The molecule has 3 amide bonds. The summed E-state index contributed by atoms with van der Waals surface area (Å²) >= 11 is 0. The summed E-state index contributed by atoms with van der Waals surface area (Å²) in [6.07, 6.45) is 2.69. The molecule has 0 saturated carbocycles. The highest BCUT2D eigenvalue weighted by molar-refractivity contribution is 6.11. The van der Waals surface area contributed by atoms with Crippen LogP contribution in [0, 0.1) is 0 Å². The van der Waals surface area contributed by atoms with E-state index in [1.165, 1.54) is 5.56 Å².